The van der Waals surface area contributed by atoms with E-state index in [4.69, 9.17) is 16.3 Å². The van der Waals surface area contributed by atoms with Crippen LogP contribution in [0, 0.1) is 0 Å². The van der Waals surface area contributed by atoms with Gasteiger partial charge >= 0.3 is 0 Å². The maximum absolute atomic E-state index is 12.4. The predicted octanol–water partition coefficient (Wildman–Crippen LogP) is 1.23. The number of nitrogens with one attached hydrogen (secondary N) is 1. The van der Waals surface area contributed by atoms with E-state index in [0.29, 0.717) is 24.5 Å². The van der Waals surface area contributed by atoms with Gasteiger partial charge in [-0.1, -0.05) is 0 Å². The molecule has 1 N–H and O–H groups in total. The van der Waals surface area contributed by atoms with E-state index in [2.05, 4.69) is 4.98 Å². The Morgan fingerprint density at radius 2 is 2.32 bits per heavy atom. The molecule has 1 amide bonds. The van der Waals surface area contributed by atoms with Crippen molar-refractivity contribution in [2.45, 2.75) is 25.6 Å². The van der Waals surface area contributed by atoms with E-state index < -0.39 is 5.60 Å². The second-order valence-electron chi connectivity index (χ2n) is 5.28. The molecular weight excluding hydrogens is 268 g/mol. The van der Waals surface area contributed by atoms with Crippen LogP contribution < -0.4 is 5.56 Å². The molecule has 1 aromatic rings. The topological polar surface area (TPSA) is 62.4 Å². The number of H-pyrrole nitrogens is 1. The second kappa shape index (κ2) is 5.35. The standard InChI is InChI=1S/C13H17ClN2O3/c1-13(2)8-16(7-10(5-14)19-13)12(18)9-3-4-11(17)15-6-9/h3-4,6,10H,5,7-8H2,1-2H3,(H,15,17). The number of morpholine rings is 1. The van der Waals surface area contributed by atoms with Gasteiger partial charge in [0.15, 0.2) is 0 Å². The quantitative estimate of drug-likeness (QED) is 0.831. The number of pyridine rings is 1. The highest BCUT2D eigenvalue weighted by Gasteiger charge is 2.35. The first-order valence-electron chi connectivity index (χ1n) is 6.13. The van der Waals surface area contributed by atoms with Crippen molar-refractivity contribution >= 4 is 17.5 Å². The van der Waals surface area contributed by atoms with Crippen LogP contribution in [0.2, 0.25) is 0 Å². The van der Waals surface area contributed by atoms with Crippen LogP contribution in [-0.2, 0) is 4.74 Å². The SMILES string of the molecule is CC1(C)CN(C(=O)c2ccc(=O)[nH]c2)CC(CCl)O1. The van der Waals surface area contributed by atoms with Crippen molar-refractivity contribution in [2.75, 3.05) is 19.0 Å². The number of amides is 1. The van der Waals surface area contributed by atoms with E-state index >= 15 is 0 Å². The number of ether oxygens (including phenoxy) is 1. The molecule has 5 nitrogen and oxygen atoms in total. The molecule has 1 saturated heterocycles. The smallest absolute Gasteiger partial charge is 0.255 e. The van der Waals surface area contributed by atoms with E-state index in [1.807, 2.05) is 13.8 Å². The number of carbonyl (C=O) groups is 1. The summed E-state index contributed by atoms with van der Waals surface area (Å²) in [6.45, 7) is 4.82. The summed E-state index contributed by atoms with van der Waals surface area (Å²) in [7, 11) is 0. The van der Waals surface area contributed by atoms with Crippen molar-refractivity contribution in [1.82, 2.24) is 9.88 Å². The van der Waals surface area contributed by atoms with Crippen LogP contribution in [0.25, 0.3) is 0 Å². The van der Waals surface area contributed by atoms with Gasteiger partial charge in [0.2, 0.25) is 5.56 Å². The number of hydrogen-bond acceptors (Lipinski definition) is 3. The molecule has 1 aromatic heterocycles. The minimum atomic E-state index is -0.421. The average Bonchev–Trinajstić information content (AvgIpc) is 2.37. The van der Waals surface area contributed by atoms with E-state index in [1.54, 1.807) is 4.90 Å². The maximum atomic E-state index is 12.4. The van der Waals surface area contributed by atoms with Crippen molar-refractivity contribution in [3.63, 3.8) is 0 Å². The molecule has 2 heterocycles. The Labute approximate surface area is 116 Å². The van der Waals surface area contributed by atoms with E-state index in [-0.39, 0.29) is 17.6 Å². The molecule has 1 aliphatic rings. The van der Waals surface area contributed by atoms with Gasteiger partial charge in [0.1, 0.15) is 0 Å². The third kappa shape index (κ3) is 3.36. The Hall–Kier alpha value is -1.33. The molecule has 0 aliphatic carbocycles. The number of aromatic amines is 1. The van der Waals surface area contributed by atoms with Gasteiger partial charge in [-0.25, -0.2) is 0 Å². The first-order valence-corrected chi connectivity index (χ1v) is 6.66. The summed E-state index contributed by atoms with van der Waals surface area (Å²) in [5, 5.41) is 0. The molecule has 0 bridgehead atoms. The van der Waals surface area contributed by atoms with Gasteiger partial charge in [-0.05, 0) is 19.9 Å². The predicted molar refractivity (Wildman–Crippen MR) is 72.6 cm³/mol. The molecule has 0 spiro atoms. The lowest BCUT2D eigenvalue weighted by Crippen LogP contribution is -2.55. The average molecular weight is 285 g/mol. The molecule has 2 rings (SSSR count). The molecule has 104 valence electrons. The summed E-state index contributed by atoms with van der Waals surface area (Å²) in [5.74, 6) is 0.224. The van der Waals surface area contributed by atoms with Gasteiger partial charge in [-0.3, -0.25) is 9.59 Å². The highest BCUT2D eigenvalue weighted by atomic mass is 35.5. The Kier molecular flexibility index (Phi) is 3.96. The Bertz CT molecular complexity index is 506. The zero-order chi connectivity index (χ0) is 14.0. The largest absolute Gasteiger partial charge is 0.367 e. The summed E-state index contributed by atoms with van der Waals surface area (Å²) < 4.78 is 5.77. The van der Waals surface area contributed by atoms with E-state index in [0.717, 1.165) is 0 Å². The molecule has 0 saturated carbocycles. The van der Waals surface area contributed by atoms with Crippen molar-refractivity contribution in [3.05, 3.63) is 34.2 Å². The Morgan fingerprint density at radius 3 is 2.89 bits per heavy atom. The fourth-order valence-electron chi connectivity index (χ4n) is 2.26. The highest BCUT2D eigenvalue weighted by molar-refractivity contribution is 6.18. The molecule has 6 heteroatoms. The number of nitrogens with zero attached hydrogens (tertiary/aromatic N) is 1. The Balaban J connectivity index is 2.18. The van der Waals surface area contributed by atoms with E-state index in [9.17, 15) is 9.59 Å². The van der Waals surface area contributed by atoms with Crippen LogP contribution in [0.5, 0.6) is 0 Å². The number of alkyl halides is 1. The number of carbonyl (C=O) groups excluding carboxylic acids is 1. The molecular formula is C13H17ClN2O3. The number of aromatic nitrogens is 1. The van der Waals surface area contributed by atoms with Crippen LogP contribution in [0.15, 0.2) is 23.1 Å². The summed E-state index contributed by atoms with van der Waals surface area (Å²) in [6, 6.07) is 2.87. The highest BCUT2D eigenvalue weighted by Crippen LogP contribution is 2.22. The minimum absolute atomic E-state index is 0.122. The number of rotatable bonds is 2. The number of halogens is 1. The first kappa shape index (κ1) is 14.1. The van der Waals surface area contributed by atoms with Gasteiger partial charge < -0.3 is 14.6 Å². The zero-order valence-electron chi connectivity index (χ0n) is 11.0. The molecule has 0 aromatic carbocycles. The van der Waals surface area contributed by atoms with Crippen LogP contribution in [0.4, 0.5) is 0 Å². The summed E-state index contributed by atoms with van der Waals surface area (Å²) in [5.41, 5.74) is -0.182. The Morgan fingerprint density at radius 1 is 1.58 bits per heavy atom. The van der Waals surface area contributed by atoms with Crippen LogP contribution in [0.3, 0.4) is 0 Å². The van der Waals surface area contributed by atoms with Crippen molar-refractivity contribution in [2.24, 2.45) is 0 Å². The summed E-state index contributed by atoms with van der Waals surface area (Å²) >= 11 is 5.83. The monoisotopic (exact) mass is 284 g/mol. The third-order valence-electron chi connectivity index (χ3n) is 2.97. The van der Waals surface area contributed by atoms with Gasteiger partial charge in [0.25, 0.3) is 5.91 Å². The van der Waals surface area contributed by atoms with Gasteiger partial charge in [-0.2, -0.15) is 0 Å². The van der Waals surface area contributed by atoms with E-state index in [1.165, 1.54) is 18.3 Å². The second-order valence-corrected chi connectivity index (χ2v) is 5.59. The lowest BCUT2D eigenvalue weighted by Gasteiger charge is -2.42. The molecule has 1 atom stereocenters. The van der Waals surface area contributed by atoms with Crippen molar-refractivity contribution in [3.8, 4) is 0 Å². The van der Waals surface area contributed by atoms with Crippen LogP contribution >= 0.6 is 11.6 Å². The fraction of sp³-hybridized carbons (Fsp3) is 0.538. The molecule has 1 unspecified atom stereocenters. The maximum Gasteiger partial charge on any atom is 0.255 e. The fourth-order valence-corrected chi connectivity index (χ4v) is 2.42. The molecule has 19 heavy (non-hydrogen) atoms. The first-order chi connectivity index (χ1) is 8.91. The molecule has 0 radical (unpaired) electrons. The minimum Gasteiger partial charge on any atom is -0.367 e. The summed E-state index contributed by atoms with van der Waals surface area (Å²) in [6.07, 6.45) is 1.26. The molecule has 1 aliphatic heterocycles. The van der Waals surface area contributed by atoms with Gasteiger partial charge in [-0.15, -0.1) is 11.6 Å². The number of hydrogen-bond donors (Lipinski definition) is 1. The lowest BCUT2D eigenvalue weighted by atomic mass is 10.0. The lowest BCUT2D eigenvalue weighted by molar-refractivity contribution is -0.117. The summed E-state index contributed by atoms with van der Waals surface area (Å²) in [4.78, 5) is 27.6. The van der Waals surface area contributed by atoms with Gasteiger partial charge in [0.05, 0.1) is 23.1 Å². The van der Waals surface area contributed by atoms with Gasteiger partial charge in [0, 0.05) is 25.4 Å². The van der Waals surface area contributed by atoms with Crippen LogP contribution in [0.1, 0.15) is 24.2 Å². The van der Waals surface area contributed by atoms with Crippen molar-refractivity contribution < 1.29 is 9.53 Å². The molecule has 1 fully saturated rings. The normalized spacial score (nSPS) is 22.3. The van der Waals surface area contributed by atoms with Crippen LogP contribution in [-0.4, -0.2) is 46.5 Å². The zero-order valence-corrected chi connectivity index (χ0v) is 11.7. The third-order valence-corrected chi connectivity index (χ3v) is 3.32. The van der Waals surface area contributed by atoms with Crippen molar-refractivity contribution in [1.29, 1.82) is 0 Å².